The summed E-state index contributed by atoms with van der Waals surface area (Å²) in [4.78, 5) is 14.5. The van der Waals surface area contributed by atoms with Crippen molar-refractivity contribution in [1.82, 2.24) is 10.2 Å². The van der Waals surface area contributed by atoms with E-state index in [9.17, 15) is 4.79 Å². The van der Waals surface area contributed by atoms with Crippen molar-refractivity contribution in [2.24, 2.45) is 5.92 Å². The molecule has 0 unspecified atom stereocenters. The van der Waals surface area contributed by atoms with E-state index in [-0.39, 0.29) is 5.91 Å². The standard InChI is InChI=1S/C21H28N2O3/c1-15-4-6-19(16(2)12-15)25-14-18-5-7-20(26-18)21(24)23-10-8-17(9-11-23)13-22-3/h4-7,12,17,22H,8-11,13-14H2,1-3H3. The highest BCUT2D eigenvalue weighted by Crippen LogP contribution is 2.22. The lowest BCUT2D eigenvalue weighted by molar-refractivity contribution is 0.0655. The van der Waals surface area contributed by atoms with E-state index < -0.39 is 0 Å². The number of carbonyl (C=O) groups is 1. The Labute approximate surface area is 155 Å². The Hall–Kier alpha value is -2.27. The van der Waals surface area contributed by atoms with Crippen LogP contribution in [0.25, 0.3) is 0 Å². The Morgan fingerprint density at radius 2 is 2.00 bits per heavy atom. The minimum absolute atomic E-state index is 0.0225. The number of amides is 1. The van der Waals surface area contributed by atoms with Crippen molar-refractivity contribution in [2.45, 2.75) is 33.3 Å². The predicted molar refractivity (Wildman–Crippen MR) is 102 cm³/mol. The van der Waals surface area contributed by atoms with Gasteiger partial charge in [-0.25, -0.2) is 0 Å². The first-order chi connectivity index (χ1) is 12.6. The van der Waals surface area contributed by atoms with Crippen molar-refractivity contribution in [2.75, 3.05) is 26.7 Å². The molecule has 0 radical (unpaired) electrons. The Kier molecular flexibility index (Phi) is 5.99. The van der Waals surface area contributed by atoms with Gasteiger partial charge in [0.25, 0.3) is 5.91 Å². The van der Waals surface area contributed by atoms with Crippen LogP contribution in [0, 0.1) is 19.8 Å². The van der Waals surface area contributed by atoms with Crippen LogP contribution in [0.3, 0.4) is 0 Å². The molecule has 0 spiro atoms. The zero-order chi connectivity index (χ0) is 18.5. The third kappa shape index (κ3) is 4.47. The number of nitrogens with zero attached hydrogens (tertiary/aromatic N) is 1. The van der Waals surface area contributed by atoms with Gasteiger partial charge in [-0.15, -0.1) is 0 Å². The van der Waals surface area contributed by atoms with E-state index >= 15 is 0 Å². The molecule has 26 heavy (non-hydrogen) atoms. The number of hydrogen-bond acceptors (Lipinski definition) is 4. The second kappa shape index (κ2) is 8.41. The number of ether oxygens (including phenoxy) is 1. The third-order valence-electron chi connectivity index (χ3n) is 4.97. The number of benzene rings is 1. The topological polar surface area (TPSA) is 54.7 Å². The van der Waals surface area contributed by atoms with Crippen LogP contribution in [0.15, 0.2) is 34.7 Å². The summed E-state index contributed by atoms with van der Waals surface area (Å²) >= 11 is 0. The number of rotatable bonds is 6. The minimum Gasteiger partial charge on any atom is -0.485 e. The van der Waals surface area contributed by atoms with Gasteiger partial charge in [0.15, 0.2) is 5.76 Å². The molecule has 0 atom stereocenters. The van der Waals surface area contributed by atoms with E-state index in [1.165, 1.54) is 5.56 Å². The molecule has 0 saturated carbocycles. The summed E-state index contributed by atoms with van der Waals surface area (Å²) < 4.78 is 11.6. The molecule has 5 heteroatoms. The molecule has 0 bridgehead atoms. The smallest absolute Gasteiger partial charge is 0.289 e. The molecule has 1 aromatic heterocycles. The van der Waals surface area contributed by atoms with Crippen LogP contribution in [0.2, 0.25) is 0 Å². The van der Waals surface area contributed by atoms with Crippen LogP contribution in [-0.4, -0.2) is 37.5 Å². The number of nitrogens with one attached hydrogen (secondary N) is 1. The average molecular weight is 356 g/mol. The summed E-state index contributed by atoms with van der Waals surface area (Å²) in [7, 11) is 1.97. The van der Waals surface area contributed by atoms with Gasteiger partial charge >= 0.3 is 0 Å². The molecular formula is C21H28N2O3. The number of aryl methyl sites for hydroxylation is 2. The van der Waals surface area contributed by atoms with Crippen molar-refractivity contribution < 1.29 is 13.9 Å². The molecule has 1 aliphatic heterocycles. The lowest BCUT2D eigenvalue weighted by Gasteiger charge is -2.31. The van der Waals surface area contributed by atoms with Crippen LogP contribution in [-0.2, 0) is 6.61 Å². The highest BCUT2D eigenvalue weighted by Gasteiger charge is 2.25. The van der Waals surface area contributed by atoms with Crippen molar-refractivity contribution in [3.8, 4) is 5.75 Å². The molecule has 2 heterocycles. The third-order valence-corrected chi connectivity index (χ3v) is 4.97. The van der Waals surface area contributed by atoms with Crippen molar-refractivity contribution >= 4 is 5.91 Å². The van der Waals surface area contributed by atoms with Crippen molar-refractivity contribution in [3.05, 3.63) is 53.0 Å². The van der Waals surface area contributed by atoms with Crippen LogP contribution in [0.4, 0.5) is 0 Å². The Bertz CT molecular complexity index is 745. The van der Waals surface area contributed by atoms with Gasteiger partial charge in [-0.2, -0.15) is 0 Å². The fraction of sp³-hybridized carbons (Fsp3) is 0.476. The molecule has 1 aliphatic rings. The van der Waals surface area contributed by atoms with Crippen LogP contribution < -0.4 is 10.1 Å². The largest absolute Gasteiger partial charge is 0.485 e. The maximum atomic E-state index is 12.6. The minimum atomic E-state index is -0.0225. The summed E-state index contributed by atoms with van der Waals surface area (Å²) in [6.07, 6.45) is 2.08. The first kappa shape index (κ1) is 18.5. The van der Waals surface area contributed by atoms with Gasteiger partial charge in [-0.1, -0.05) is 17.7 Å². The fourth-order valence-electron chi connectivity index (χ4n) is 3.47. The summed E-state index contributed by atoms with van der Waals surface area (Å²) in [6.45, 7) is 7.00. The van der Waals surface area contributed by atoms with Gasteiger partial charge in [0.1, 0.15) is 18.1 Å². The molecule has 1 fully saturated rings. The molecule has 140 valence electrons. The summed E-state index contributed by atoms with van der Waals surface area (Å²) in [5.74, 6) is 2.54. The van der Waals surface area contributed by atoms with Crippen molar-refractivity contribution in [1.29, 1.82) is 0 Å². The van der Waals surface area contributed by atoms with E-state index in [0.717, 1.165) is 43.8 Å². The van der Waals surface area contributed by atoms with Crippen LogP contribution in [0.5, 0.6) is 5.75 Å². The number of hydrogen-bond donors (Lipinski definition) is 1. The molecule has 1 amide bonds. The molecular weight excluding hydrogens is 328 g/mol. The second-order valence-corrected chi connectivity index (χ2v) is 7.12. The van der Waals surface area contributed by atoms with Gasteiger partial charge in [-0.3, -0.25) is 4.79 Å². The highest BCUT2D eigenvalue weighted by molar-refractivity contribution is 5.91. The van der Waals surface area contributed by atoms with E-state index in [1.807, 2.05) is 37.1 Å². The molecule has 0 aliphatic carbocycles. The molecule has 3 rings (SSSR count). The summed E-state index contributed by atoms with van der Waals surface area (Å²) in [6, 6.07) is 9.66. The normalized spacial score (nSPS) is 15.3. The molecule has 1 aromatic carbocycles. The van der Waals surface area contributed by atoms with E-state index in [2.05, 4.69) is 18.3 Å². The van der Waals surface area contributed by atoms with Gasteiger partial charge in [-0.05, 0) is 70.0 Å². The molecule has 5 nitrogen and oxygen atoms in total. The molecule has 1 saturated heterocycles. The Morgan fingerprint density at radius 3 is 2.69 bits per heavy atom. The fourth-order valence-corrected chi connectivity index (χ4v) is 3.47. The lowest BCUT2D eigenvalue weighted by Crippen LogP contribution is -2.40. The Morgan fingerprint density at radius 1 is 1.23 bits per heavy atom. The van der Waals surface area contributed by atoms with Gasteiger partial charge in [0.2, 0.25) is 0 Å². The zero-order valence-electron chi connectivity index (χ0n) is 15.9. The zero-order valence-corrected chi connectivity index (χ0v) is 15.9. The van der Waals surface area contributed by atoms with E-state index in [4.69, 9.17) is 9.15 Å². The van der Waals surface area contributed by atoms with E-state index in [0.29, 0.717) is 24.0 Å². The van der Waals surface area contributed by atoms with Crippen LogP contribution in [0.1, 0.15) is 40.3 Å². The maximum Gasteiger partial charge on any atom is 0.289 e. The van der Waals surface area contributed by atoms with Crippen LogP contribution >= 0.6 is 0 Å². The number of furan rings is 1. The predicted octanol–water partition coefficient (Wildman–Crippen LogP) is 3.55. The number of piperidine rings is 1. The Balaban J connectivity index is 1.55. The average Bonchev–Trinajstić information content (AvgIpc) is 3.10. The quantitative estimate of drug-likeness (QED) is 0.860. The first-order valence-electron chi connectivity index (χ1n) is 9.29. The first-order valence-corrected chi connectivity index (χ1v) is 9.29. The molecule has 1 N–H and O–H groups in total. The number of likely N-dealkylation sites (tertiary alicyclic amines) is 1. The second-order valence-electron chi connectivity index (χ2n) is 7.12. The molecule has 2 aromatic rings. The number of carbonyl (C=O) groups excluding carboxylic acids is 1. The SMILES string of the molecule is CNCC1CCN(C(=O)c2ccc(COc3ccc(C)cc3C)o2)CC1. The highest BCUT2D eigenvalue weighted by atomic mass is 16.5. The van der Waals surface area contributed by atoms with E-state index in [1.54, 1.807) is 6.07 Å². The maximum absolute atomic E-state index is 12.6. The lowest BCUT2D eigenvalue weighted by atomic mass is 9.97. The van der Waals surface area contributed by atoms with Crippen molar-refractivity contribution in [3.63, 3.8) is 0 Å². The van der Waals surface area contributed by atoms with Gasteiger partial charge in [0.05, 0.1) is 0 Å². The monoisotopic (exact) mass is 356 g/mol. The van der Waals surface area contributed by atoms with Gasteiger partial charge < -0.3 is 19.4 Å². The summed E-state index contributed by atoms with van der Waals surface area (Å²) in [5, 5.41) is 3.22. The van der Waals surface area contributed by atoms with Gasteiger partial charge in [0, 0.05) is 13.1 Å². The summed E-state index contributed by atoms with van der Waals surface area (Å²) in [5.41, 5.74) is 2.30.